The standard InChI is InChI=1S/C14H12O5/c1-2-3-6-17-11-8-13-12(18-9-19-13)7-10(11)4-5-14(15)16/h4-5,7-8H,6,9H2,1H3,(H,15,16). The maximum Gasteiger partial charge on any atom is 0.328 e. The van der Waals surface area contributed by atoms with Crippen LogP contribution in [0.15, 0.2) is 18.2 Å². The van der Waals surface area contributed by atoms with Gasteiger partial charge in [0.25, 0.3) is 0 Å². The summed E-state index contributed by atoms with van der Waals surface area (Å²) in [6, 6.07) is 3.34. The molecule has 98 valence electrons. The molecule has 1 N–H and O–H groups in total. The molecule has 0 radical (unpaired) electrons. The third-order valence-electron chi connectivity index (χ3n) is 2.39. The van der Waals surface area contributed by atoms with Gasteiger partial charge in [0.15, 0.2) is 11.5 Å². The molecule has 1 aromatic carbocycles. The third-order valence-corrected chi connectivity index (χ3v) is 2.39. The topological polar surface area (TPSA) is 65.0 Å². The van der Waals surface area contributed by atoms with Gasteiger partial charge in [-0.2, -0.15) is 0 Å². The second-order valence-corrected chi connectivity index (χ2v) is 3.63. The van der Waals surface area contributed by atoms with E-state index in [4.69, 9.17) is 19.3 Å². The number of fused-ring (bicyclic) bond motifs is 1. The minimum Gasteiger partial charge on any atom is -0.480 e. The highest BCUT2D eigenvalue weighted by Crippen LogP contribution is 2.38. The van der Waals surface area contributed by atoms with Gasteiger partial charge in [-0.05, 0) is 19.1 Å². The second kappa shape index (κ2) is 5.83. The zero-order valence-corrected chi connectivity index (χ0v) is 10.3. The number of benzene rings is 1. The van der Waals surface area contributed by atoms with E-state index < -0.39 is 5.97 Å². The van der Waals surface area contributed by atoms with E-state index in [1.165, 1.54) is 6.08 Å². The number of rotatable bonds is 4. The fourth-order valence-corrected chi connectivity index (χ4v) is 1.54. The van der Waals surface area contributed by atoms with E-state index in [9.17, 15) is 4.79 Å². The summed E-state index contributed by atoms with van der Waals surface area (Å²) in [5.41, 5.74) is 0.601. The first-order valence-corrected chi connectivity index (χ1v) is 5.58. The summed E-state index contributed by atoms with van der Waals surface area (Å²) >= 11 is 0. The smallest absolute Gasteiger partial charge is 0.328 e. The Balaban J connectivity index is 2.30. The molecule has 19 heavy (non-hydrogen) atoms. The number of carboxylic acids is 1. The lowest BCUT2D eigenvalue weighted by molar-refractivity contribution is -0.131. The molecule has 1 heterocycles. The van der Waals surface area contributed by atoms with Crippen molar-refractivity contribution in [3.8, 4) is 29.1 Å². The zero-order chi connectivity index (χ0) is 13.7. The maximum atomic E-state index is 10.6. The monoisotopic (exact) mass is 260 g/mol. The Morgan fingerprint density at radius 3 is 2.89 bits per heavy atom. The van der Waals surface area contributed by atoms with Crippen LogP contribution in [0.5, 0.6) is 17.2 Å². The highest BCUT2D eigenvalue weighted by molar-refractivity contribution is 5.86. The van der Waals surface area contributed by atoms with Gasteiger partial charge < -0.3 is 19.3 Å². The number of ether oxygens (including phenoxy) is 3. The van der Waals surface area contributed by atoms with Crippen molar-refractivity contribution in [1.82, 2.24) is 0 Å². The first-order chi connectivity index (χ1) is 9.20. The van der Waals surface area contributed by atoms with Gasteiger partial charge >= 0.3 is 5.97 Å². The largest absolute Gasteiger partial charge is 0.480 e. The van der Waals surface area contributed by atoms with Crippen LogP contribution in [0.2, 0.25) is 0 Å². The average molecular weight is 260 g/mol. The highest BCUT2D eigenvalue weighted by atomic mass is 16.7. The van der Waals surface area contributed by atoms with Crippen molar-refractivity contribution in [2.45, 2.75) is 6.92 Å². The molecule has 0 saturated heterocycles. The van der Waals surface area contributed by atoms with E-state index in [-0.39, 0.29) is 13.4 Å². The summed E-state index contributed by atoms with van der Waals surface area (Å²) in [5, 5.41) is 8.67. The fraction of sp³-hybridized carbons (Fsp3) is 0.214. The Labute approximate surface area is 110 Å². The number of hydrogen-bond acceptors (Lipinski definition) is 4. The molecule has 5 heteroatoms. The van der Waals surface area contributed by atoms with Crippen LogP contribution in [-0.4, -0.2) is 24.5 Å². The SMILES string of the molecule is CC#CCOc1cc2c(cc1C=CC(=O)O)OCO2. The lowest BCUT2D eigenvalue weighted by Crippen LogP contribution is -1.96. The molecule has 0 atom stereocenters. The summed E-state index contributed by atoms with van der Waals surface area (Å²) in [7, 11) is 0. The predicted octanol–water partition coefficient (Wildman–Crippen LogP) is 1.92. The fourth-order valence-electron chi connectivity index (χ4n) is 1.54. The molecular formula is C14H12O5. The van der Waals surface area contributed by atoms with Crippen LogP contribution in [0.1, 0.15) is 12.5 Å². The van der Waals surface area contributed by atoms with Gasteiger partial charge in [0.1, 0.15) is 12.4 Å². The molecule has 0 saturated carbocycles. The van der Waals surface area contributed by atoms with Gasteiger partial charge in [-0.15, -0.1) is 5.92 Å². The van der Waals surface area contributed by atoms with Gasteiger partial charge in [-0.25, -0.2) is 4.79 Å². The highest BCUT2D eigenvalue weighted by Gasteiger charge is 2.17. The first kappa shape index (κ1) is 12.8. The molecule has 0 unspecified atom stereocenters. The summed E-state index contributed by atoms with van der Waals surface area (Å²) in [6.07, 6.45) is 2.48. The van der Waals surface area contributed by atoms with Gasteiger partial charge in [-0.3, -0.25) is 0 Å². The van der Waals surface area contributed by atoms with Crippen molar-refractivity contribution >= 4 is 12.0 Å². The molecule has 0 amide bonds. The molecule has 0 aliphatic carbocycles. The minimum absolute atomic E-state index is 0.148. The second-order valence-electron chi connectivity index (χ2n) is 3.63. The lowest BCUT2D eigenvalue weighted by Gasteiger charge is -2.08. The van der Waals surface area contributed by atoms with Crippen LogP contribution in [0.25, 0.3) is 6.08 Å². The lowest BCUT2D eigenvalue weighted by atomic mass is 10.1. The Morgan fingerprint density at radius 2 is 2.21 bits per heavy atom. The summed E-state index contributed by atoms with van der Waals surface area (Å²) in [5.74, 6) is 6.11. The molecule has 0 fully saturated rings. The summed E-state index contributed by atoms with van der Waals surface area (Å²) in [4.78, 5) is 10.6. The molecule has 0 bridgehead atoms. The van der Waals surface area contributed by atoms with Gasteiger partial charge in [0, 0.05) is 17.7 Å². The van der Waals surface area contributed by atoms with Crippen LogP contribution in [-0.2, 0) is 4.79 Å². The van der Waals surface area contributed by atoms with E-state index >= 15 is 0 Å². The Hall–Kier alpha value is -2.61. The van der Waals surface area contributed by atoms with E-state index in [0.717, 1.165) is 6.08 Å². The van der Waals surface area contributed by atoms with Crippen LogP contribution in [0, 0.1) is 11.8 Å². The molecule has 1 aliphatic heterocycles. The molecule has 0 aromatic heterocycles. The zero-order valence-electron chi connectivity index (χ0n) is 10.3. The van der Waals surface area contributed by atoms with Crippen LogP contribution < -0.4 is 14.2 Å². The van der Waals surface area contributed by atoms with E-state index in [1.807, 2.05) is 0 Å². The number of carbonyl (C=O) groups is 1. The van der Waals surface area contributed by atoms with Crippen molar-refractivity contribution in [1.29, 1.82) is 0 Å². The number of aliphatic carboxylic acids is 1. The Kier molecular flexibility index (Phi) is 3.94. The number of hydrogen-bond donors (Lipinski definition) is 1. The molecular weight excluding hydrogens is 248 g/mol. The minimum atomic E-state index is -1.03. The van der Waals surface area contributed by atoms with E-state index in [1.54, 1.807) is 19.1 Å². The normalized spacial score (nSPS) is 12.1. The molecule has 1 aromatic rings. The van der Waals surface area contributed by atoms with Crippen molar-refractivity contribution in [3.63, 3.8) is 0 Å². The van der Waals surface area contributed by atoms with Crippen molar-refractivity contribution in [2.24, 2.45) is 0 Å². The summed E-state index contributed by atoms with van der Waals surface area (Å²) < 4.78 is 16.0. The summed E-state index contributed by atoms with van der Waals surface area (Å²) in [6.45, 7) is 2.09. The van der Waals surface area contributed by atoms with Crippen LogP contribution in [0.4, 0.5) is 0 Å². The van der Waals surface area contributed by atoms with Crippen molar-refractivity contribution < 1.29 is 24.1 Å². The molecule has 0 spiro atoms. The quantitative estimate of drug-likeness (QED) is 0.661. The first-order valence-electron chi connectivity index (χ1n) is 5.58. The van der Waals surface area contributed by atoms with Gasteiger partial charge in [0.2, 0.25) is 6.79 Å². The van der Waals surface area contributed by atoms with Gasteiger partial charge in [-0.1, -0.05) is 5.92 Å². The number of carboxylic acid groups (broad SMARTS) is 1. The van der Waals surface area contributed by atoms with Crippen LogP contribution >= 0.6 is 0 Å². The van der Waals surface area contributed by atoms with Crippen molar-refractivity contribution in [3.05, 3.63) is 23.8 Å². The predicted molar refractivity (Wildman–Crippen MR) is 68.2 cm³/mol. The average Bonchev–Trinajstić information content (AvgIpc) is 2.83. The molecule has 5 nitrogen and oxygen atoms in total. The van der Waals surface area contributed by atoms with E-state index in [2.05, 4.69) is 11.8 Å². The molecule has 1 aliphatic rings. The Bertz CT molecular complexity index is 577. The van der Waals surface area contributed by atoms with Crippen molar-refractivity contribution in [2.75, 3.05) is 13.4 Å². The Morgan fingerprint density at radius 1 is 1.47 bits per heavy atom. The maximum absolute atomic E-state index is 10.6. The third kappa shape index (κ3) is 3.19. The van der Waals surface area contributed by atoms with E-state index in [0.29, 0.717) is 22.8 Å². The molecule has 2 rings (SSSR count). The van der Waals surface area contributed by atoms with Crippen LogP contribution in [0.3, 0.4) is 0 Å². The van der Waals surface area contributed by atoms with Gasteiger partial charge in [0.05, 0.1) is 0 Å².